The number of ether oxygens (including phenoxy) is 3. The molecule has 0 aromatic rings. The van der Waals surface area contributed by atoms with Crippen LogP contribution in [0.25, 0.3) is 0 Å². The van der Waals surface area contributed by atoms with E-state index in [0.717, 1.165) is 128 Å². The third kappa shape index (κ3) is 50.9. The van der Waals surface area contributed by atoms with Crippen molar-refractivity contribution < 1.29 is 28.6 Å². The number of carbonyl (C=O) groups is 3. The molecule has 1 atom stereocenters. The molecular weight excluding hydrogens is 805 g/mol. The quantitative estimate of drug-likeness (QED) is 0.0262. The molecule has 0 bridgehead atoms. The van der Waals surface area contributed by atoms with Crippen LogP contribution in [0.15, 0.2) is 109 Å². The Hall–Kier alpha value is -3.93. The zero-order valence-electron chi connectivity index (χ0n) is 42.0. The predicted octanol–water partition coefficient (Wildman–Crippen LogP) is 17.5. The van der Waals surface area contributed by atoms with Crippen LogP contribution in [0.1, 0.15) is 226 Å². The molecule has 0 rings (SSSR count). The minimum Gasteiger partial charge on any atom is -0.462 e. The third-order valence-corrected chi connectivity index (χ3v) is 10.7. The molecule has 0 saturated carbocycles. The molecule has 6 nitrogen and oxygen atoms in total. The molecule has 0 aromatic heterocycles. The number of rotatable bonds is 46. The smallest absolute Gasteiger partial charge is 0.306 e. The lowest BCUT2D eigenvalue weighted by Crippen LogP contribution is -2.30. The minimum atomic E-state index is -0.816. The molecule has 0 N–H and O–H groups in total. The molecule has 368 valence electrons. The molecule has 0 spiro atoms. The van der Waals surface area contributed by atoms with Crippen molar-refractivity contribution in [3.05, 3.63) is 109 Å². The van der Waals surface area contributed by atoms with Crippen LogP contribution in [0, 0.1) is 0 Å². The fourth-order valence-corrected chi connectivity index (χ4v) is 6.77. The van der Waals surface area contributed by atoms with Gasteiger partial charge in [-0.2, -0.15) is 0 Å². The lowest BCUT2D eigenvalue weighted by atomic mass is 10.1. The molecule has 0 fully saturated rings. The van der Waals surface area contributed by atoms with Gasteiger partial charge in [0.25, 0.3) is 0 Å². The second kappa shape index (κ2) is 52.7. The predicted molar refractivity (Wildman–Crippen MR) is 279 cm³/mol. The zero-order valence-corrected chi connectivity index (χ0v) is 42.0. The second-order valence-electron chi connectivity index (χ2n) is 17.0. The summed E-state index contributed by atoms with van der Waals surface area (Å²) in [5.74, 6) is -1.00. The summed E-state index contributed by atoms with van der Waals surface area (Å²) in [5, 5.41) is 0. The van der Waals surface area contributed by atoms with Gasteiger partial charge in [-0.3, -0.25) is 14.4 Å². The van der Waals surface area contributed by atoms with Crippen LogP contribution in [0.4, 0.5) is 0 Å². The van der Waals surface area contributed by atoms with E-state index in [2.05, 4.69) is 130 Å². The van der Waals surface area contributed by atoms with E-state index in [-0.39, 0.29) is 37.5 Å². The maximum absolute atomic E-state index is 12.8. The van der Waals surface area contributed by atoms with Crippen LogP contribution in [0.3, 0.4) is 0 Å². The highest BCUT2D eigenvalue weighted by atomic mass is 16.6. The van der Waals surface area contributed by atoms with Crippen molar-refractivity contribution in [3.63, 3.8) is 0 Å². The fraction of sp³-hybridized carbons (Fsp3) is 0.644. The highest BCUT2D eigenvalue weighted by Gasteiger charge is 2.19. The highest BCUT2D eigenvalue weighted by molar-refractivity contribution is 5.71. The Bertz CT molecular complexity index is 1360. The number of allylic oxidation sites excluding steroid dienone is 18. The Balaban J connectivity index is 4.54. The molecule has 0 aliphatic rings. The number of unbranched alkanes of at least 4 members (excludes halogenated alkanes) is 17. The van der Waals surface area contributed by atoms with E-state index in [1.807, 2.05) is 0 Å². The van der Waals surface area contributed by atoms with Gasteiger partial charge in [0, 0.05) is 19.3 Å². The van der Waals surface area contributed by atoms with E-state index in [0.29, 0.717) is 19.3 Å². The molecule has 0 aliphatic heterocycles. The summed E-state index contributed by atoms with van der Waals surface area (Å²) in [6.07, 6.45) is 70.7. The minimum absolute atomic E-state index is 0.111. The zero-order chi connectivity index (χ0) is 47.2. The van der Waals surface area contributed by atoms with Crippen molar-refractivity contribution >= 4 is 17.9 Å². The van der Waals surface area contributed by atoms with Crippen LogP contribution in [-0.2, 0) is 28.6 Å². The van der Waals surface area contributed by atoms with E-state index in [1.54, 1.807) is 0 Å². The summed E-state index contributed by atoms with van der Waals surface area (Å²) in [7, 11) is 0. The molecule has 65 heavy (non-hydrogen) atoms. The average molecular weight is 901 g/mol. The van der Waals surface area contributed by atoms with Gasteiger partial charge >= 0.3 is 17.9 Å². The van der Waals surface area contributed by atoms with Gasteiger partial charge in [0.1, 0.15) is 13.2 Å². The van der Waals surface area contributed by atoms with Gasteiger partial charge in [-0.25, -0.2) is 0 Å². The molecule has 0 amide bonds. The molecule has 0 aliphatic carbocycles. The number of hydrogen-bond donors (Lipinski definition) is 0. The summed E-state index contributed by atoms with van der Waals surface area (Å²) in [6, 6.07) is 0. The van der Waals surface area contributed by atoms with Crippen molar-refractivity contribution in [2.75, 3.05) is 13.2 Å². The average Bonchev–Trinajstić information content (AvgIpc) is 3.30. The number of hydrogen-bond acceptors (Lipinski definition) is 6. The molecule has 6 heteroatoms. The van der Waals surface area contributed by atoms with Gasteiger partial charge in [0.05, 0.1) is 0 Å². The third-order valence-electron chi connectivity index (χ3n) is 10.7. The Morgan fingerprint density at radius 2 is 0.615 bits per heavy atom. The van der Waals surface area contributed by atoms with E-state index < -0.39 is 6.10 Å². The Morgan fingerprint density at radius 3 is 1.00 bits per heavy atom. The van der Waals surface area contributed by atoms with Gasteiger partial charge < -0.3 is 14.2 Å². The van der Waals surface area contributed by atoms with Crippen LogP contribution < -0.4 is 0 Å². The first-order valence-corrected chi connectivity index (χ1v) is 26.4. The largest absolute Gasteiger partial charge is 0.462 e. The molecule has 0 unspecified atom stereocenters. The second-order valence-corrected chi connectivity index (χ2v) is 17.0. The molecular formula is C59H96O6. The first-order chi connectivity index (χ1) is 32.0. The van der Waals surface area contributed by atoms with Crippen LogP contribution in [0.2, 0.25) is 0 Å². The van der Waals surface area contributed by atoms with Crippen LogP contribution >= 0.6 is 0 Å². The summed E-state index contributed by atoms with van der Waals surface area (Å²) in [6.45, 7) is 6.39. The maximum Gasteiger partial charge on any atom is 0.306 e. The lowest BCUT2D eigenvalue weighted by molar-refractivity contribution is -0.167. The van der Waals surface area contributed by atoms with Gasteiger partial charge in [0.15, 0.2) is 6.10 Å². The first-order valence-electron chi connectivity index (χ1n) is 26.4. The summed E-state index contributed by atoms with van der Waals surface area (Å²) >= 11 is 0. The lowest BCUT2D eigenvalue weighted by Gasteiger charge is -2.18. The maximum atomic E-state index is 12.8. The van der Waals surface area contributed by atoms with E-state index >= 15 is 0 Å². The SMILES string of the molecule is CC/C=C/C/C=C/C/C=C/C/C=C/C/C=C/CCCC(=O)OC[C@@H](COC(=O)CCCCCCC/C=C/C/C=C/CCCCC)OC(=O)CCCCCCC/C=C/C/C=C/CCCCC. The standard InChI is InChI=1S/C59H96O6/c1-4-7-10-13-16-19-22-25-28-29-32-34-37-40-43-46-49-52-58(61)64-55-56(65-59(62)53-50-47-44-41-38-35-31-27-24-21-18-15-12-9-6-3)54-63-57(60)51-48-45-42-39-36-33-30-26-23-20-17-14-11-8-5-2/h7,10,16-21,25-28,30-32,34,40,43,56H,4-6,8-9,11-15,22-24,29,33,35-39,41-42,44-55H2,1-3H3/b10-7+,19-16+,20-17+,21-18+,28-25+,30-26+,31-27+,34-32+,43-40+/t56-/m1/s1. The monoisotopic (exact) mass is 901 g/mol. The Labute approximate surface area is 400 Å². The first kappa shape index (κ1) is 61.1. The van der Waals surface area contributed by atoms with Gasteiger partial charge in [-0.1, -0.05) is 194 Å². The van der Waals surface area contributed by atoms with Crippen LogP contribution in [0.5, 0.6) is 0 Å². The van der Waals surface area contributed by atoms with E-state index in [1.165, 1.54) is 51.4 Å². The number of esters is 3. The normalized spacial score (nSPS) is 13.0. The van der Waals surface area contributed by atoms with Crippen molar-refractivity contribution in [1.82, 2.24) is 0 Å². The molecule has 0 heterocycles. The molecule has 0 saturated heterocycles. The van der Waals surface area contributed by atoms with Crippen molar-refractivity contribution in [2.24, 2.45) is 0 Å². The van der Waals surface area contributed by atoms with Crippen molar-refractivity contribution in [3.8, 4) is 0 Å². The van der Waals surface area contributed by atoms with Crippen molar-refractivity contribution in [2.45, 2.75) is 232 Å². The molecule has 0 aromatic carbocycles. The topological polar surface area (TPSA) is 78.9 Å². The highest BCUT2D eigenvalue weighted by Crippen LogP contribution is 2.12. The van der Waals surface area contributed by atoms with E-state index in [4.69, 9.17) is 14.2 Å². The summed E-state index contributed by atoms with van der Waals surface area (Å²) in [5.41, 5.74) is 0. The van der Waals surface area contributed by atoms with Gasteiger partial charge in [0.2, 0.25) is 0 Å². The van der Waals surface area contributed by atoms with Gasteiger partial charge in [-0.15, -0.1) is 0 Å². The van der Waals surface area contributed by atoms with E-state index in [9.17, 15) is 14.4 Å². The fourth-order valence-electron chi connectivity index (χ4n) is 6.77. The Morgan fingerprint density at radius 1 is 0.323 bits per heavy atom. The number of carbonyl (C=O) groups excluding carboxylic acids is 3. The molecule has 0 radical (unpaired) electrons. The Kier molecular flexibility index (Phi) is 49.5. The van der Waals surface area contributed by atoms with Crippen molar-refractivity contribution in [1.29, 1.82) is 0 Å². The van der Waals surface area contributed by atoms with Crippen LogP contribution in [-0.4, -0.2) is 37.2 Å². The summed E-state index contributed by atoms with van der Waals surface area (Å²) in [4.78, 5) is 38.0. The van der Waals surface area contributed by atoms with Gasteiger partial charge in [-0.05, 0) is 122 Å². The summed E-state index contributed by atoms with van der Waals surface area (Å²) < 4.78 is 16.7.